The molecular weight excluding hydrogens is 290 g/mol. The van der Waals surface area contributed by atoms with Crippen molar-refractivity contribution < 1.29 is 5.11 Å². The lowest BCUT2D eigenvalue weighted by Crippen LogP contribution is -1.99. The number of nitrogens with one attached hydrogen (secondary N) is 2. The van der Waals surface area contributed by atoms with Gasteiger partial charge in [0.25, 0.3) is 0 Å². The van der Waals surface area contributed by atoms with Crippen LogP contribution < -0.4 is 5.32 Å². The average molecular weight is 305 g/mol. The highest BCUT2D eigenvalue weighted by molar-refractivity contribution is 5.84. The summed E-state index contributed by atoms with van der Waals surface area (Å²) in [6.45, 7) is 1.95. The fraction of sp³-hybridized carbons (Fsp3) is 0.118. The quantitative estimate of drug-likeness (QED) is 0.541. The van der Waals surface area contributed by atoms with Gasteiger partial charge in [0.1, 0.15) is 0 Å². The van der Waals surface area contributed by atoms with E-state index < -0.39 is 0 Å². The lowest BCUT2D eigenvalue weighted by Gasteiger charge is -2.08. The molecular formula is C17H15N5O. The number of H-pyrrole nitrogens is 1. The van der Waals surface area contributed by atoms with Crippen molar-refractivity contribution in [1.29, 1.82) is 0 Å². The monoisotopic (exact) mass is 305 g/mol. The third kappa shape index (κ3) is 2.39. The first-order valence-corrected chi connectivity index (χ1v) is 7.31. The SMILES string of the molecule is Cc1cccc2cnc(Nc3cc(CO)c4nc[nH]c4c3)nc12. The van der Waals surface area contributed by atoms with Gasteiger partial charge in [-0.05, 0) is 24.6 Å². The van der Waals surface area contributed by atoms with Crippen LogP contribution in [0.5, 0.6) is 0 Å². The summed E-state index contributed by atoms with van der Waals surface area (Å²) < 4.78 is 0. The Morgan fingerprint density at radius 1 is 1.17 bits per heavy atom. The third-order valence-corrected chi connectivity index (χ3v) is 3.84. The Morgan fingerprint density at radius 3 is 2.96 bits per heavy atom. The maximum absolute atomic E-state index is 9.51. The van der Waals surface area contributed by atoms with Crippen molar-refractivity contribution in [3.8, 4) is 0 Å². The van der Waals surface area contributed by atoms with E-state index in [0.29, 0.717) is 5.95 Å². The van der Waals surface area contributed by atoms with Crippen molar-refractivity contribution in [3.63, 3.8) is 0 Å². The Bertz CT molecular complexity index is 1010. The molecule has 0 radical (unpaired) electrons. The van der Waals surface area contributed by atoms with Crippen molar-refractivity contribution >= 4 is 33.6 Å². The number of anilines is 2. The van der Waals surface area contributed by atoms with Crippen molar-refractivity contribution in [2.24, 2.45) is 0 Å². The predicted octanol–water partition coefficient (Wildman–Crippen LogP) is 3.05. The summed E-state index contributed by atoms with van der Waals surface area (Å²) in [6.07, 6.45) is 3.42. The molecule has 6 nitrogen and oxygen atoms in total. The summed E-state index contributed by atoms with van der Waals surface area (Å²) in [5, 5.41) is 13.7. The number of aromatic amines is 1. The van der Waals surface area contributed by atoms with Crippen LogP contribution in [-0.2, 0) is 6.61 Å². The van der Waals surface area contributed by atoms with Gasteiger partial charge in [-0.3, -0.25) is 0 Å². The lowest BCUT2D eigenvalue weighted by molar-refractivity contribution is 0.283. The van der Waals surface area contributed by atoms with Gasteiger partial charge < -0.3 is 15.4 Å². The number of hydrogen-bond acceptors (Lipinski definition) is 5. The van der Waals surface area contributed by atoms with E-state index in [-0.39, 0.29) is 6.61 Å². The van der Waals surface area contributed by atoms with E-state index in [4.69, 9.17) is 0 Å². The number of aryl methyl sites for hydroxylation is 1. The van der Waals surface area contributed by atoms with Gasteiger partial charge in [-0.1, -0.05) is 18.2 Å². The summed E-state index contributed by atoms with van der Waals surface area (Å²) in [7, 11) is 0. The zero-order chi connectivity index (χ0) is 15.8. The maximum atomic E-state index is 9.51. The summed E-state index contributed by atoms with van der Waals surface area (Å²) in [6, 6.07) is 9.79. The predicted molar refractivity (Wildman–Crippen MR) is 89.6 cm³/mol. The van der Waals surface area contributed by atoms with E-state index in [1.165, 1.54) is 0 Å². The second-order valence-electron chi connectivity index (χ2n) is 5.42. The van der Waals surface area contributed by atoms with Gasteiger partial charge >= 0.3 is 0 Å². The number of nitrogens with zero attached hydrogens (tertiary/aromatic N) is 3. The number of aliphatic hydroxyl groups excluding tert-OH is 1. The zero-order valence-corrected chi connectivity index (χ0v) is 12.5. The molecule has 0 aliphatic rings. The number of hydrogen-bond donors (Lipinski definition) is 3. The topological polar surface area (TPSA) is 86.7 Å². The van der Waals surface area contributed by atoms with E-state index in [1.807, 2.05) is 37.3 Å². The zero-order valence-electron chi connectivity index (χ0n) is 12.5. The standard InChI is InChI=1S/C17H15N5O/c1-10-3-2-4-11-7-18-17(22-15(10)11)21-13-5-12(8-23)16-14(6-13)19-9-20-16/h2-7,9,23H,8H2,1H3,(H,19,20)(H,18,21,22). The minimum Gasteiger partial charge on any atom is -0.392 e. The van der Waals surface area contributed by atoms with Gasteiger partial charge in [0.2, 0.25) is 5.95 Å². The fourth-order valence-corrected chi connectivity index (χ4v) is 2.71. The highest BCUT2D eigenvalue weighted by atomic mass is 16.3. The summed E-state index contributed by atoms with van der Waals surface area (Å²) >= 11 is 0. The fourth-order valence-electron chi connectivity index (χ4n) is 2.71. The molecule has 0 amide bonds. The molecule has 0 spiro atoms. The number of aromatic nitrogens is 4. The molecule has 0 saturated heterocycles. The molecule has 0 bridgehead atoms. The van der Waals surface area contributed by atoms with Crippen LogP contribution in [0.3, 0.4) is 0 Å². The van der Waals surface area contributed by atoms with Gasteiger partial charge in [-0.2, -0.15) is 0 Å². The van der Waals surface area contributed by atoms with E-state index in [0.717, 1.165) is 38.8 Å². The summed E-state index contributed by atoms with van der Waals surface area (Å²) in [5.74, 6) is 0.523. The molecule has 0 saturated carbocycles. The molecule has 2 heterocycles. The molecule has 0 aliphatic carbocycles. The lowest BCUT2D eigenvalue weighted by atomic mass is 10.1. The maximum Gasteiger partial charge on any atom is 0.227 e. The van der Waals surface area contributed by atoms with Crippen LogP contribution in [-0.4, -0.2) is 25.0 Å². The highest BCUT2D eigenvalue weighted by Gasteiger charge is 2.08. The number of fused-ring (bicyclic) bond motifs is 2. The summed E-state index contributed by atoms with van der Waals surface area (Å²) in [5.41, 5.74) is 5.22. The van der Waals surface area contributed by atoms with Crippen LogP contribution in [0.2, 0.25) is 0 Å². The van der Waals surface area contributed by atoms with E-state index in [9.17, 15) is 5.11 Å². The highest BCUT2D eigenvalue weighted by Crippen LogP contribution is 2.24. The molecule has 2 aromatic heterocycles. The minimum atomic E-state index is -0.0748. The first-order valence-electron chi connectivity index (χ1n) is 7.31. The average Bonchev–Trinajstić information content (AvgIpc) is 3.03. The number of aliphatic hydroxyl groups is 1. The Morgan fingerprint density at radius 2 is 2.09 bits per heavy atom. The van der Waals surface area contributed by atoms with Gasteiger partial charge in [-0.25, -0.2) is 15.0 Å². The van der Waals surface area contributed by atoms with Crippen molar-refractivity contribution in [2.45, 2.75) is 13.5 Å². The van der Waals surface area contributed by atoms with Crippen LogP contribution >= 0.6 is 0 Å². The number of rotatable bonds is 3. The molecule has 6 heteroatoms. The van der Waals surface area contributed by atoms with E-state index >= 15 is 0 Å². The van der Waals surface area contributed by atoms with Crippen LogP contribution in [0.15, 0.2) is 42.9 Å². The van der Waals surface area contributed by atoms with Gasteiger partial charge in [0.05, 0.1) is 29.5 Å². The molecule has 23 heavy (non-hydrogen) atoms. The van der Waals surface area contributed by atoms with Crippen LogP contribution in [0.1, 0.15) is 11.1 Å². The van der Waals surface area contributed by atoms with Gasteiger partial charge in [-0.15, -0.1) is 0 Å². The molecule has 0 atom stereocenters. The van der Waals surface area contributed by atoms with Crippen molar-refractivity contribution in [1.82, 2.24) is 19.9 Å². The number of para-hydroxylation sites is 1. The minimum absolute atomic E-state index is 0.0748. The molecule has 4 aromatic rings. The number of imidazole rings is 1. The van der Waals surface area contributed by atoms with Crippen LogP contribution in [0.4, 0.5) is 11.6 Å². The van der Waals surface area contributed by atoms with Crippen LogP contribution in [0.25, 0.3) is 21.9 Å². The molecule has 114 valence electrons. The van der Waals surface area contributed by atoms with Gasteiger partial charge in [0.15, 0.2) is 0 Å². The second kappa shape index (κ2) is 5.33. The molecule has 0 aliphatic heterocycles. The Labute approximate surface area is 132 Å². The summed E-state index contributed by atoms with van der Waals surface area (Å²) in [4.78, 5) is 16.2. The molecule has 3 N–H and O–H groups in total. The largest absolute Gasteiger partial charge is 0.392 e. The smallest absolute Gasteiger partial charge is 0.227 e. The molecule has 2 aromatic carbocycles. The van der Waals surface area contributed by atoms with Crippen LogP contribution in [0, 0.1) is 6.92 Å². The Hall–Kier alpha value is -2.99. The molecule has 0 fully saturated rings. The second-order valence-corrected chi connectivity index (χ2v) is 5.42. The first kappa shape index (κ1) is 13.7. The third-order valence-electron chi connectivity index (χ3n) is 3.84. The van der Waals surface area contributed by atoms with Crippen molar-refractivity contribution in [2.75, 3.05) is 5.32 Å². The van der Waals surface area contributed by atoms with Crippen molar-refractivity contribution in [3.05, 3.63) is 54.0 Å². The Balaban J connectivity index is 1.76. The molecule has 4 rings (SSSR count). The first-order chi connectivity index (χ1) is 11.2. The molecule has 0 unspecified atom stereocenters. The number of benzene rings is 2. The normalized spacial score (nSPS) is 11.2. The van der Waals surface area contributed by atoms with E-state index in [1.54, 1.807) is 12.5 Å². The van der Waals surface area contributed by atoms with Gasteiger partial charge in [0, 0.05) is 22.8 Å². The Kier molecular flexibility index (Phi) is 3.17. The van der Waals surface area contributed by atoms with E-state index in [2.05, 4.69) is 25.3 Å².